The van der Waals surface area contributed by atoms with Crippen LogP contribution in [0.4, 0.5) is 0 Å². The molecule has 8 rings (SSSR count). The van der Waals surface area contributed by atoms with Crippen molar-refractivity contribution in [2.24, 2.45) is 4.99 Å². The lowest BCUT2D eigenvalue weighted by atomic mass is 9.85. The van der Waals surface area contributed by atoms with Crippen molar-refractivity contribution in [3.05, 3.63) is 130 Å². The number of aromatic nitrogens is 2. The number of fused-ring (bicyclic) bond motifs is 6. The third-order valence-corrected chi connectivity index (χ3v) is 12.0. The van der Waals surface area contributed by atoms with Crippen molar-refractivity contribution >= 4 is 38.6 Å². The SMILES string of the molecule is Cc1ccc2c(c1)c1cccnc1n2-c1cc(S(=O)c2cc(C3=N[C@@H]4c5ccc(C(C)(C)C)cc5C[C@@H]4O3)c(C)cc2C)cc(C(C)(C)C)c1. The summed E-state index contributed by atoms with van der Waals surface area (Å²) in [5.74, 6) is 0.650. The first-order chi connectivity index (χ1) is 23.7. The average Bonchev–Trinajstić information content (AvgIpc) is 3.72. The molecule has 0 saturated heterocycles. The van der Waals surface area contributed by atoms with Crippen molar-refractivity contribution in [1.82, 2.24) is 9.55 Å². The van der Waals surface area contributed by atoms with Crippen molar-refractivity contribution in [2.45, 2.75) is 102 Å². The van der Waals surface area contributed by atoms with Crippen molar-refractivity contribution in [2.75, 3.05) is 0 Å². The predicted octanol–water partition coefficient (Wildman–Crippen LogP) is 10.3. The molecule has 2 aromatic heterocycles. The summed E-state index contributed by atoms with van der Waals surface area (Å²) in [5.41, 5.74) is 12.1. The Morgan fingerprint density at radius 2 is 1.58 bits per heavy atom. The molecule has 1 unspecified atom stereocenters. The standard InChI is InChI=1S/C44H45N3O2S/c1-25-12-15-37-36(17-25)34-11-10-16-45-41(34)47(37)31-21-30(44(7,8)9)22-32(23-31)50(48)39-24-35(26(2)18-27(39)3)42-46-40-33-14-13-29(43(4,5)6)19-28(33)20-38(40)49-42/h10-19,21-24,38,40H,20H2,1-9H3/t38-,40+,50?/m0/s1. The van der Waals surface area contributed by atoms with Crippen LogP contribution >= 0.6 is 0 Å². The van der Waals surface area contributed by atoms with Gasteiger partial charge in [0.25, 0.3) is 0 Å². The van der Waals surface area contributed by atoms with E-state index in [-0.39, 0.29) is 23.0 Å². The van der Waals surface area contributed by atoms with E-state index in [2.05, 4.69) is 133 Å². The molecule has 254 valence electrons. The summed E-state index contributed by atoms with van der Waals surface area (Å²) in [7, 11) is -1.46. The zero-order valence-corrected chi connectivity index (χ0v) is 31.3. The van der Waals surface area contributed by atoms with E-state index < -0.39 is 10.8 Å². The highest BCUT2D eigenvalue weighted by Crippen LogP contribution is 2.43. The molecule has 50 heavy (non-hydrogen) atoms. The minimum Gasteiger partial charge on any atom is -0.471 e. The highest BCUT2D eigenvalue weighted by molar-refractivity contribution is 7.85. The Bertz CT molecular complexity index is 2420. The molecule has 4 aromatic carbocycles. The normalized spacial score (nSPS) is 17.9. The third-order valence-electron chi connectivity index (χ3n) is 10.5. The van der Waals surface area contributed by atoms with E-state index in [4.69, 9.17) is 14.7 Å². The minimum atomic E-state index is -1.46. The maximum Gasteiger partial charge on any atom is 0.217 e. The summed E-state index contributed by atoms with van der Waals surface area (Å²) in [6, 6.07) is 28.1. The molecule has 1 aliphatic heterocycles. The predicted molar refractivity (Wildman–Crippen MR) is 206 cm³/mol. The van der Waals surface area contributed by atoms with Crippen LogP contribution in [0.5, 0.6) is 0 Å². The number of nitrogens with zero attached hydrogens (tertiary/aromatic N) is 3. The molecule has 6 aromatic rings. The highest BCUT2D eigenvalue weighted by Gasteiger charge is 2.40. The van der Waals surface area contributed by atoms with Gasteiger partial charge in [-0.15, -0.1) is 0 Å². The van der Waals surface area contributed by atoms with Gasteiger partial charge >= 0.3 is 0 Å². The quantitative estimate of drug-likeness (QED) is 0.186. The monoisotopic (exact) mass is 679 g/mol. The lowest BCUT2D eigenvalue weighted by Gasteiger charge is -2.22. The number of rotatable bonds is 4. The molecular formula is C44H45N3O2S. The molecule has 0 N–H and O–H groups in total. The number of aliphatic imine (C=N–C) groups is 1. The Labute approximate surface area is 297 Å². The molecule has 3 atom stereocenters. The van der Waals surface area contributed by atoms with Gasteiger partial charge in [-0.1, -0.05) is 77.4 Å². The van der Waals surface area contributed by atoms with Crippen LogP contribution in [0.15, 0.2) is 99.8 Å². The van der Waals surface area contributed by atoms with E-state index in [1.807, 2.05) is 19.2 Å². The fourth-order valence-corrected chi connectivity index (χ4v) is 8.91. The molecule has 0 spiro atoms. The largest absolute Gasteiger partial charge is 0.471 e. The van der Waals surface area contributed by atoms with Crippen molar-refractivity contribution in [3.63, 3.8) is 0 Å². The molecule has 0 amide bonds. The second-order valence-electron chi connectivity index (χ2n) is 16.3. The second-order valence-corrected chi connectivity index (χ2v) is 17.7. The van der Waals surface area contributed by atoms with Gasteiger partial charge in [0.05, 0.1) is 16.3 Å². The average molecular weight is 680 g/mol. The van der Waals surface area contributed by atoms with Crippen LogP contribution in [-0.2, 0) is 32.8 Å². The number of aryl methyl sites for hydroxylation is 3. The van der Waals surface area contributed by atoms with E-state index in [1.54, 1.807) is 0 Å². The van der Waals surface area contributed by atoms with E-state index in [1.165, 1.54) is 22.3 Å². The Hall–Kier alpha value is -4.55. The summed E-state index contributed by atoms with van der Waals surface area (Å²) in [5, 5.41) is 2.27. The molecule has 3 heterocycles. The Balaban J connectivity index is 1.22. The van der Waals surface area contributed by atoms with Gasteiger partial charge < -0.3 is 4.74 Å². The summed E-state index contributed by atoms with van der Waals surface area (Å²) in [6.07, 6.45) is 2.68. The van der Waals surface area contributed by atoms with Gasteiger partial charge in [-0.2, -0.15) is 0 Å². The van der Waals surface area contributed by atoms with Gasteiger partial charge in [-0.25, -0.2) is 14.2 Å². The van der Waals surface area contributed by atoms with Gasteiger partial charge in [0.1, 0.15) is 17.8 Å². The number of pyridine rings is 1. The first kappa shape index (κ1) is 32.6. The number of ether oxygens (including phenoxy) is 1. The Kier molecular flexibility index (Phi) is 7.50. The molecule has 0 saturated carbocycles. The molecule has 6 heteroatoms. The van der Waals surface area contributed by atoms with Crippen LogP contribution in [0.2, 0.25) is 0 Å². The molecule has 0 bridgehead atoms. The van der Waals surface area contributed by atoms with Crippen LogP contribution in [0.25, 0.3) is 27.6 Å². The Morgan fingerprint density at radius 3 is 2.34 bits per heavy atom. The Morgan fingerprint density at radius 1 is 0.800 bits per heavy atom. The maximum absolute atomic E-state index is 14.8. The van der Waals surface area contributed by atoms with Gasteiger partial charge in [0.2, 0.25) is 5.90 Å². The van der Waals surface area contributed by atoms with Crippen LogP contribution in [0.1, 0.15) is 92.1 Å². The van der Waals surface area contributed by atoms with Gasteiger partial charge in [-0.3, -0.25) is 4.57 Å². The maximum atomic E-state index is 14.8. The molecule has 0 fully saturated rings. The number of hydrogen-bond acceptors (Lipinski definition) is 4. The zero-order chi connectivity index (χ0) is 35.3. The van der Waals surface area contributed by atoms with Crippen LogP contribution in [0, 0.1) is 20.8 Å². The van der Waals surface area contributed by atoms with Crippen molar-refractivity contribution in [1.29, 1.82) is 0 Å². The molecule has 0 radical (unpaired) electrons. The van der Waals surface area contributed by atoms with Crippen LogP contribution < -0.4 is 0 Å². The topological polar surface area (TPSA) is 56.5 Å². The molecule has 2 aliphatic rings. The van der Waals surface area contributed by atoms with Gasteiger partial charge in [-0.05, 0) is 114 Å². The summed E-state index contributed by atoms with van der Waals surface area (Å²) in [4.78, 5) is 11.5. The molecule has 1 aliphatic carbocycles. The summed E-state index contributed by atoms with van der Waals surface area (Å²) >= 11 is 0. The van der Waals surface area contributed by atoms with E-state index in [9.17, 15) is 4.21 Å². The van der Waals surface area contributed by atoms with E-state index in [0.29, 0.717) is 5.90 Å². The van der Waals surface area contributed by atoms with Crippen LogP contribution in [-0.4, -0.2) is 25.8 Å². The minimum absolute atomic E-state index is 0.0143. The molecule has 5 nitrogen and oxygen atoms in total. The van der Waals surface area contributed by atoms with E-state index in [0.717, 1.165) is 66.1 Å². The van der Waals surface area contributed by atoms with E-state index >= 15 is 0 Å². The smallest absolute Gasteiger partial charge is 0.217 e. The number of benzene rings is 4. The lowest BCUT2D eigenvalue weighted by Crippen LogP contribution is -2.15. The van der Waals surface area contributed by atoms with Gasteiger partial charge in [0, 0.05) is 44.4 Å². The third kappa shape index (κ3) is 5.40. The zero-order valence-electron chi connectivity index (χ0n) is 30.5. The summed E-state index contributed by atoms with van der Waals surface area (Å²) < 4.78 is 23.6. The first-order valence-electron chi connectivity index (χ1n) is 17.6. The lowest BCUT2D eigenvalue weighted by molar-refractivity contribution is 0.206. The second kappa shape index (κ2) is 11.5. The first-order valence-corrected chi connectivity index (χ1v) is 18.8. The molecular weight excluding hydrogens is 635 g/mol. The van der Waals surface area contributed by atoms with Crippen LogP contribution in [0.3, 0.4) is 0 Å². The van der Waals surface area contributed by atoms with Crippen molar-refractivity contribution < 1.29 is 8.95 Å². The highest BCUT2D eigenvalue weighted by atomic mass is 32.2. The fourth-order valence-electron chi connectivity index (χ4n) is 7.62. The summed E-state index contributed by atoms with van der Waals surface area (Å²) in [6.45, 7) is 19.6. The van der Waals surface area contributed by atoms with Crippen molar-refractivity contribution in [3.8, 4) is 5.69 Å². The van der Waals surface area contributed by atoms with Gasteiger partial charge in [0.15, 0.2) is 0 Å². The number of hydrogen-bond donors (Lipinski definition) is 0. The fraction of sp³-hybridized carbons (Fsp3) is 0.318.